The van der Waals surface area contributed by atoms with E-state index in [0.29, 0.717) is 5.02 Å². The van der Waals surface area contributed by atoms with Gasteiger partial charge in [0.1, 0.15) is 6.10 Å². The van der Waals surface area contributed by atoms with Crippen LogP contribution in [0.4, 0.5) is 0 Å². The Morgan fingerprint density at radius 2 is 1.95 bits per heavy atom. The summed E-state index contributed by atoms with van der Waals surface area (Å²) in [6, 6.07) is 15.0. The molecule has 0 aliphatic carbocycles. The van der Waals surface area contributed by atoms with Gasteiger partial charge in [0.15, 0.2) is 0 Å². The Bertz CT molecular complexity index is 770. The highest BCUT2D eigenvalue weighted by molar-refractivity contribution is 9.10. The van der Waals surface area contributed by atoms with E-state index in [2.05, 4.69) is 20.9 Å². The van der Waals surface area contributed by atoms with E-state index in [9.17, 15) is 5.11 Å². The zero-order chi connectivity index (χ0) is 14.1. The average Bonchev–Trinajstić information content (AvgIpc) is 2.49. The standard InChI is InChI=1S/C16H11BrClNO/c17-13-9-10(6-7-14(13)18)16(20)12-3-1-5-15-11(12)4-2-8-19-15/h1-9,16,20H. The molecule has 0 amide bonds. The van der Waals surface area contributed by atoms with Gasteiger partial charge in [0.05, 0.1) is 10.5 Å². The molecule has 3 rings (SSSR count). The number of halogens is 2. The fraction of sp³-hybridized carbons (Fsp3) is 0.0625. The maximum Gasteiger partial charge on any atom is 0.105 e. The lowest BCUT2D eigenvalue weighted by atomic mass is 9.98. The molecule has 0 saturated heterocycles. The molecule has 1 heterocycles. The predicted octanol–water partition coefficient (Wildman–Crippen LogP) is 4.73. The second kappa shape index (κ2) is 5.52. The van der Waals surface area contributed by atoms with Gasteiger partial charge in [-0.05, 0) is 51.3 Å². The maximum atomic E-state index is 10.6. The summed E-state index contributed by atoms with van der Waals surface area (Å²) in [5.74, 6) is 0. The lowest BCUT2D eigenvalue weighted by Gasteiger charge is -2.14. The van der Waals surface area contributed by atoms with E-state index in [1.165, 1.54) is 0 Å². The number of fused-ring (bicyclic) bond motifs is 1. The van der Waals surface area contributed by atoms with Crippen molar-refractivity contribution in [2.45, 2.75) is 6.10 Å². The SMILES string of the molecule is OC(c1ccc(Cl)c(Br)c1)c1cccc2ncccc12. The monoisotopic (exact) mass is 347 g/mol. The third kappa shape index (κ3) is 2.44. The van der Waals surface area contributed by atoms with Crippen molar-refractivity contribution >= 4 is 38.4 Å². The summed E-state index contributed by atoms with van der Waals surface area (Å²) in [4.78, 5) is 4.31. The van der Waals surface area contributed by atoms with E-state index in [1.807, 2.05) is 42.5 Å². The fourth-order valence-corrected chi connectivity index (χ4v) is 2.74. The van der Waals surface area contributed by atoms with Crippen molar-refractivity contribution in [2.75, 3.05) is 0 Å². The normalized spacial score (nSPS) is 12.6. The van der Waals surface area contributed by atoms with Crippen LogP contribution in [0.5, 0.6) is 0 Å². The van der Waals surface area contributed by atoms with Crippen molar-refractivity contribution in [3.63, 3.8) is 0 Å². The molecule has 1 aromatic heterocycles. The summed E-state index contributed by atoms with van der Waals surface area (Å²) in [7, 11) is 0. The lowest BCUT2D eigenvalue weighted by molar-refractivity contribution is 0.222. The smallest absolute Gasteiger partial charge is 0.105 e. The Kier molecular flexibility index (Phi) is 3.74. The largest absolute Gasteiger partial charge is 0.384 e. The maximum absolute atomic E-state index is 10.6. The van der Waals surface area contributed by atoms with Gasteiger partial charge in [0, 0.05) is 16.1 Å². The van der Waals surface area contributed by atoms with Gasteiger partial charge in [-0.15, -0.1) is 0 Å². The molecule has 0 radical (unpaired) electrons. The lowest BCUT2D eigenvalue weighted by Crippen LogP contribution is -2.01. The first-order valence-electron chi connectivity index (χ1n) is 6.13. The first-order valence-corrected chi connectivity index (χ1v) is 7.30. The molecule has 0 bridgehead atoms. The Balaban J connectivity index is 2.12. The van der Waals surface area contributed by atoms with Crippen LogP contribution in [0.25, 0.3) is 10.9 Å². The fourth-order valence-electron chi connectivity index (χ4n) is 2.23. The molecule has 20 heavy (non-hydrogen) atoms. The van der Waals surface area contributed by atoms with Gasteiger partial charge in [-0.1, -0.05) is 35.9 Å². The van der Waals surface area contributed by atoms with E-state index in [1.54, 1.807) is 12.3 Å². The van der Waals surface area contributed by atoms with Gasteiger partial charge in [0.2, 0.25) is 0 Å². The van der Waals surface area contributed by atoms with Gasteiger partial charge < -0.3 is 5.11 Å². The van der Waals surface area contributed by atoms with Crippen molar-refractivity contribution in [3.05, 3.63) is 75.4 Å². The molecule has 1 atom stereocenters. The number of aliphatic hydroxyl groups excluding tert-OH is 1. The van der Waals surface area contributed by atoms with E-state index >= 15 is 0 Å². The summed E-state index contributed by atoms with van der Waals surface area (Å²) in [6.45, 7) is 0. The third-order valence-corrected chi connectivity index (χ3v) is 4.45. The molecular formula is C16H11BrClNO. The first kappa shape index (κ1) is 13.6. The molecular weight excluding hydrogens is 338 g/mol. The summed E-state index contributed by atoms with van der Waals surface area (Å²) >= 11 is 9.37. The Hall–Kier alpha value is -1.42. The number of rotatable bonds is 2. The number of pyridine rings is 1. The summed E-state index contributed by atoms with van der Waals surface area (Å²) in [6.07, 6.45) is 1.04. The van der Waals surface area contributed by atoms with Crippen LogP contribution in [0.2, 0.25) is 5.02 Å². The number of aromatic nitrogens is 1. The van der Waals surface area contributed by atoms with Crippen LogP contribution in [0.3, 0.4) is 0 Å². The second-order valence-corrected chi connectivity index (χ2v) is 5.75. The summed E-state index contributed by atoms with van der Waals surface area (Å²) in [5.41, 5.74) is 2.50. The van der Waals surface area contributed by atoms with E-state index < -0.39 is 6.10 Å². The Morgan fingerprint density at radius 1 is 1.10 bits per heavy atom. The minimum Gasteiger partial charge on any atom is -0.384 e. The van der Waals surface area contributed by atoms with Crippen LogP contribution >= 0.6 is 27.5 Å². The topological polar surface area (TPSA) is 33.1 Å². The highest BCUT2D eigenvalue weighted by atomic mass is 79.9. The zero-order valence-corrected chi connectivity index (χ0v) is 12.8. The van der Waals surface area contributed by atoms with Crippen LogP contribution in [0.1, 0.15) is 17.2 Å². The molecule has 100 valence electrons. The van der Waals surface area contributed by atoms with Crippen LogP contribution in [0, 0.1) is 0 Å². The van der Waals surface area contributed by atoms with Gasteiger partial charge in [-0.3, -0.25) is 4.98 Å². The molecule has 0 fully saturated rings. The highest BCUT2D eigenvalue weighted by Crippen LogP contribution is 2.31. The van der Waals surface area contributed by atoms with Crippen molar-refractivity contribution in [2.24, 2.45) is 0 Å². The van der Waals surface area contributed by atoms with Gasteiger partial charge >= 0.3 is 0 Å². The number of benzene rings is 2. The highest BCUT2D eigenvalue weighted by Gasteiger charge is 2.14. The summed E-state index contributed by atoms with van der Waals surface area (Å²) in [5, 5.41) is 12.2. The predicted molar refractivity (Wildman–Crippen MR) is 85.0 cm³/mol. The molecule has 0 aliphatic rings. The van der Waals surface area contributed by atoms with E-state index in [4.69, 9.17) is 11.6 Å². The van der Waals surface area contributed by atoms with Crippen LogP contribution in [-0.2, 0) is 0 Å². The zero-order valence-electron chi connectivity index (χ0n) is 10.4. The van der Waals surface area contributed by atoms with Gasteiger partial charge in [-0.2, -0.15) is 0 Å². The van der Waals surface area contributed by atoms with E-state index in [0.717, 1.165) is 26.5 Å². The molecule has 3 aromatic rings. The van der Waals surface area contributed by atoms with Crippen molar-refractivity contribution in [3.8, 4) is 0 Å². The molecule has 0 saturated carbocycles. The number of aliphatic hydroxyl groups is 1. The third-order valence-electron chi connectivity index (χ3n) is 3.23. The van der Waals surface area contributed by atoms with Gasteiger partial charge in [0.25, 0.3) is 0 Å². The van der Waals surface area contributed by atoms with Crippen LogP contribution in [0.15, 0.2) is 59.2 Å². The molecule has 0 aliphatic heterocycles. The van der Waals surface area contributed by atoms with Crippen molar-refractivity contribution in [1.82, 2.24) is 4.98 Å². The quantitative estimate of drug-likeness (QED) is 0.726. The first-order chi connectivity index (χ1) is 9.66. The minimum absolute atomic E-state index is 0.625. The number of hydrogen-bond acceptors (Lipinski definition) is 2. The number of nitrogens with zero attached hydrogens (tertiary/aromatic N) is 1. The van der Waals surface area contributed by atoms with Crippen molar-refractivity contribution in [1.29, 1.82) is 0 Å². The molecule has 2 aromatic carbocycles. The second-order valence-electron chi connectivity index (χ2n) is 4.49. The molecule has 1 unspecified atom stereocenters. The molecule has 2 nitrogen and oxygen atoms in total. The van der Waals surface area contributed by atoms with Crippen LogP contribution < -0.4 is 0 Å². The molecule has 4 heteroatoms. The van der Waals surface area contributed by atoms with E-state index in [-0.39, 0.29) is 0 Å². The Labute approximate surface area is 130 Å². The van der Waals surface area contributed by atoms with Crippen molar-refractivity contribution < 1.29 is 5.11 Å². The molecule has 0 spiro atoms. The Morgan fingerprint density at radius 3 is 2.75 bits per heavy atom. The van der Waals surface area contributed by atoms with Crippen LogP contribution in [-0.4, -0.2) is 10.1 Å². The number of hydrogen-bond donors (Lipinski definition) is 1. The summed E-state index contributed by atoms with van der Waals surface area (Å²) < 4.78 is 0.772. The minimum atomic E-state index is -0.712. The molecule has 1 N–H and O–H groups in total. The van der Waals surface area contributed by atoms with Gasteiger partial charge in [-0.25, -0.2) is 0 Å². The average molecular weight is 349 g/mol.